The van der Waals surface area contributed by atoms with Gasteiger partial charge in [-0.2, -0.15) is 0 Å². The number of nitrogens with zero attached hydrogens (tertiary/aromatic N) is 1. The molecule has 4 fully saturated rings. The number of hydrogen-bond acceptors (Lipinski definition) is 1. The SMILES string of the molecule is Cn1cc(CNC23CC4CC(CC(C4)C2)C3)c2ccccc21. The predicted octanol–water partition coefficient (Wildman–Crippen LogP) is 4.24. The van der Waals surface area contributed by atoms with Crippen LogP contribution in [0.15, 0.2) is 30.5 Å². The molecule has 22 heavy (non-hydrogen) atoms. The Kier molecular flexibility index (Phi) is 2.76. The van der Waals surface area contributed by atoms with Crippen molar-refractivity contribution < 1.29 is 0 Å². The minimum atomic E-state index is 0.464. The molecular formula is C20H26N2. The number of para-hydroxylation sites is 1. The Bertz CT molecular complexity index is 676. The fraction of sp³-hybridized carbons (Fsp3) is 0.600. The lowest BCUT2D eigenvalue weighted by atomic mass is 9.53. The van der Waals surface area contributed by atoms with Crippen LogP contribution in [-0.4, -0.2) is 10.1 Å². The van der Waals surface area contributed by atoms with Crippen molar-refractivity contribution in [2.75, 3.05) is 0 Å². The van der Waals surface area contributed by atoms with Gasteiger partial charge in [-0.15, -0.1) is 0 Å². The minimum Gasteiger partial charge on any atom is -0.350 e. The normalized spacial score (nSPS) is 36.3. The number of benzene rings is 1. The molecule has 0 spiro atoms. The molecule has 0 unspecified atom stereocenters. The molecule has 2 aromatic rings. The van der Waals surface area contributed by atoms with Crippen LogP contribution in [0.4, 0.5) is 0 Å². The molecule has 6 rings (SSSR count). The molecule has 1 aromatic carbocycles. The number of hydrogen-bond donors (Lipinski definition) is 1. The Labute approximate surface area is 132 Å². The van der Waals surface area contributed by atoms with Crippen LogP contribution in [0.2, 0.25) is 0 Å². The third kappa shape index (κ3) is 1.96. The maximum absolute atomic E-state index is 4.04. The Balaban J connectivity index is 1.40. The van der Waals surface area contributed by atoms with Crippen molar-refractivity contribution in [3.8, 4) is 0 Å². The highest BCUT2D eigenvalue weighted by atomic mass is 15.0. The van der Waals surface area contributed by atoms with Crippen LogP contribution >= 0.6 is 0 Å². The number of aryl methyl sites for hydroxylation is 1. The summed E-state index contributed by atoms with van der Waals surface area (Å²) in [5.74, 6) is 3.06. The fourth-order valence-corrected chi connectivity index (χ4v) is 6.18. The van der Waals surface area contributed by atoms with E-state index in [0.29, 0.717) is 5.54 Å². The molecule has 2 nitrogen and oxygen atoms in total. The lowest BCUT2D eigenvalue weighted by Crippen LogP contribution is -2.58. The minimum absolute atomic E-state index is 0.464. The van der Waals surface area contributed by atoms with Crippen LogP contribution in [0.25, 0.3) is 10.9 Å². The molecule has 4 aliphatic carbocycles. The van der Waals surface area contributed by atoms with E-state index in [1.54, 1.807) is 0 Å². The van der Waals surface area contributed by atoms with Gasteiger partial charge >= 0.3 is 0 Å². The second kappa shape index (κ2) is 4.61. The van der Waals surface area contributed by atoms with Crippen molar-refractivity contribution in [1.82, 2.24) is 9.88 Å². The van der Waals surface area contributed by atoms with E-state index in [0.717, 1.165) is 24.3 Å². The Morgan fingerprint density at radius 1 is 1.05 bits per heavy atom. The van der Waals surface area contributed by atoms with Gasteiger partial charge in [0.1, 0.15) is 0 Å². The summed E-state index contributed by atoms with van der Waals surface area (Å²) in [6.45, 7) is 1.04. The average Bonchev–Trinajstić information content (AvgIpc) is 2.81. The van der Waals surface area contributed by atoms with Gasteiger partial charge in [-0.3, -0.25) is 0 Å². The second-order valence-corrected chi connectivity index (χ2v) is 8.33. The lowest BCUT2D eigenvalue weighted by molar-refractivity contribution is -0.0205. The predicted molar refractivity (Wildman–Crippen MR) is 90.7 cm³/mol. The van der Waals surface area contributed by atoms with Crippen LogP contribution in [0.1, 0.15) is 44.1 Å². The zero-order valence-electron chi connectivity index (χ0n) is 13.5. The molecule has 0 saturated heterocycles. The highest BCUT2D eigenvalue weighted by Crippen LogP contribution is 2.55. The van der Waals surface area contributed by atoms with Gasteiger partial charge < -0.3 is 9.88 Å². The summed E-state index contributed by atoms with van der Waals surface area (Å²) in [5, 5.41) is 5.45. The third-order valence-electron chi connectivity index (χ3n) is 6.67. The molecule has 1 aromatic heterocycles. The molecule has 116 valence electrons. The zero-order chi connectivity index (χ0) is 14.7. The lowest BCUT2D eigenvalue weighted by Gasteiger charge is -2.57. The first-order valence-corrected chi connectivity index (χ1v) is 8.99. The number of nitrogens with one attached hydrogen (secondary N) is 1. The van der Waals surface area contributed by atoms with E-state index in [1.165, 1.54) is 55.0 Å². The van der Waals surface area contributed by atoms with Crippen LogP contribution in [0, 0.1) is 17.8 Å². The molecule has 4 bridgehead atoms. The van der Waals surface area contributed by atoms with Gasteiger partial charge in [0.15, 0.2) is 0 Å². The maximum Gasteiger partial charge on any atom is 0.0481 e. The average molecular weight is 294 g/mol. The first-order valence-electron chi connectivity index (χ1n) is 8.99. The quantitative estimate of drug-likeness (QED) is 0.896. The van der Waals surface area contributed by atoms with E-state index < -0.39 is 0 Å². The summed E-state index contributed by atoms with van der Waals surface area (Å²) >= 11 is 0. The summed E-state index contributed by atoms with van der Waals surface area (Å²) in [4.78, 5) is 0. The molecular weight excluding hydrogens is 268 g/mol. The van der Waals surface area contributed by atoms with Gasteiger partial charge in [0.2, 0.25) is 0 Å². The van der Waals surface area contributed by atoms with Crippen molar-refractivity contribution in [2.45, 2.75) is 50.6 Å². The molecule has 0 atom stereocenters. The summed E-state index contributed by atoms with van der Waals surface area (Å²) in [6.07, 6.45) is 11.2. The highest BCUT2D eigenvalue weighted by Gasteiger charge is 2.50. The van der Waals surface area contributed by atoms with Crippen LogP contribution in [0.5, 0.6) is 0 Å². The van der Waals surface area contributed by atoms with Crippen molar-refractivity contribution in [3.05, 3.63) is 36.0 Å². The number of aromatic nitrogens is 1. The smallest absolute Gasteiger partial charge is 0.0481 e. The Hall–Kier alpha value is -1.28. The summed E-state index contributed by atoms with van der Waals surface area (Å²) < 4.78 is 2.27. The first kappa shape index (κ1) is 13.2. The van der Waals surface area contributed by atoms with Gasteiger partial charge in [-0.05, 0) is 67.9 Å². The summed E-state index contributed by atoms with van der Waals surface area (Å²) in [7, 11) is 2.16. The molecule has 0 radical (unpaired) electrons. The van der Waals surface area contributed by atoms with E-state index in [2.05, 4.69) is 47.4 Å². The van der Waals surface area contributed by atoms with Crippen LogP contribution < -0.4 is 5.32 Å². The standard InChI is InChI=1S/C20H26N2/c1-22-13-17(18-4-2-3-5-19(18)22)12-21-20-9-14-6-15(10-20)8-16(7-14)11-20/h2-5,13-16,21H,6-12H2,1H3. The Morgan fingerprint density at radius 2 is 1.68 bits per heavy atom. The molecule has 1 heterocycles. The maximum atomic E-state index is 4.04. The molecule has 0 amide bonds. The van der Waals surface area contributed by atoms with E-state index in [4.69, 9.17) is 0 Å². The van der Waals surface area contributed by atoms with Crippen molar-refractivity contribution in [3.63, 3.8) is 0 Å². The van der Waals surface area contributed by atoms with Crippen molar-refractivity contribution in [2.24, 2.45) is 24.8 Å². The summed E-state index contributed by atoms with van der Waals surface area (Å²) in [5.41, 5.74) is 3.28. The van der Waals surface area contributed by atoms with E-state index in [-0.39, 0.29) is 0 Å². The largest absolute Gasteiger partial charge is 0.350 e. The van der Waals surface area contributed by atoms with E-state index >= 15 is 0 Å². The van der Waals surface area contributed by atoms with E-state index in [1.807, 2.05) is 0 Å². The van der Waals surface area contributed by atoms with Gasteiger partial charge in [-0.25, -0.2) is 0 Å². The number of rotatable bonds is 3. The van der Waals surface area contributed by atoms with Gasteiger partial charge in [0.05, 0.1) is 0 Å². The topological polar surface area (TPSA) is 17.0 Å². The van der Waals surface area contributed by atoms with Crippen LogP contribution in [-0.2, 0) is 13.6 Å². The van der Waals surface area contributed by atoms with Gasteiger partial charge in [-0.1, -0.05) is 18.2 Å². The van der Waals surface area contributed by atoms with Gasteiger partial charge in [0.25, 0.3) is 0 Å². The second-order valence-electron chi connectivity index (χ2n) is 8.33. The molecule has 0 aliphatic heterocycles. The molecule has 1 N–H and O–H groups in total. The molecule has 2 heteroatoms. The zero-order valence-corrected chi connectivity index (χ0v) is 13.5. The fourth-order valence-electron chi connectivity index (χ4n) is 6.18. The third-order valence-corrected chi connectivity index (χ3v) is 6.67. The molecule has 4 aliphatic rings. The molecule has 4 saturated carbocycles. The van der Waals surface area contributed by atoms with E-state index in [9.17, 15) is 0 Å². The van der Waals surface area contributed by atoms with Gasteiger partial charge in [0, 0.05) is 36.2 Å². The highest BCUT2D eigenvalue weighted by molar-refractivity contribution is 5.83. The first-order chi connectivity index (χ1) is 10.7. The number of fused-ring (bicyclic) bond motifs is 1. The van der Waals surface area contributed by atoms with Crippen molar-refractivity contribution >= 4 is 10.9 Å². The van der Waals surface area contributed by atoms with Crippen LogP contribution in [0.3, 0.4) is 0 Å². The monoisotopic (exact) mass is 294 g/mol. The van der Waals surface area contributed by atoms with Crippen molar-refractivity contribution in [1.29, 1.82) is 0 Å². The summed E-state index contributed by atoms with van der Waals surface area (Å²) in [6, 6.07) is 8.80. The Morgan fingerprint density at radius 3 is 2.36 bits per heavy atom.